The van der Waals surface area contributed by atoms with Crippen molar-refractivity contribution in [2.75, 3.05) is 7.11 Å². The molecule has 0 spiro atoms. The molecule has 1 aromatic carbocycles. The number of rotatable bonds is 2. The Balaban J connectivity index is 3.13. The maximum absolute atomic E-state index is 5.21. The minimum Gasteiger partial charge on any atom is -0.493 e. The summed E-state index contributed by atoms with van der Waals surface area (Å²) in [5.74, 6) is 1.10. The molecular formula is C7H6BrClO2. The first kappa shape index (κ1) is 8.68. The van der Waals surface area contributed by atoms with Gasteiger partial charge in [0.05, 0.1) is 11.6 Å². The summed E-state index contributed by atoms with van der Waals surface area (Å²) >= 11 is 8.46. The molecular weight excluding hydrogens is 231 g/mol. The molecule has 0 saturated carbocycles. The third kappa shape index (κ3) is 1.79. The maximum atomic E-state index is 5.21. The molecule has 60 valence electrons. The lowest BCUT2D eigenvalue weighted by atomic mass is 10.3. The van der Waals surface area contributed by atoms with Crippen LogP contribution >= 0.6 is 27.8 Å². The van der Waals surface area contributed by atoms with Gasteiger partial charge in [0, 0.05) is 0 Å². The van der Waals surface area contributed by atoms with Gasteiger partial charge in [0.15, 0.2) is 5.75 Å². The van der Waals surface area contributed by atoms with Crippen LogP contribution in [0.4, 0.5) is 0 Å². The SMILES string of the molecule is COc1cccc(Br)c1OCl. The van der Waals surface area contributed by atoms with Crippen molar-refractivity contribution in [3.8, 4) is 11.5 Å². The number of hydrogen-bond donors (Lipinski definition) is 0. The highest BCUT2D eigenvalue weighted by Crippen LogP contribution is 2.35. The molecule has 0 radical (unpaired) electrons. The lowest BCUT2D eigenvalue weighted by Crippen LogP contribution is -1.86. The number of para-hydroxylation sites is 1. The molecule has 0 heterocycles. The number of hydrogen-bond acceptors (Lipinski definition) is 2. The van der Waals surface area contributed by atoms with Crippen molar-refractivity contribution < 1.29 is 9.03 Å². The van der Waals surface area contributed by atoms with E-state index in [-0.39, 0.29) is 0 Å². The third-order valence-corrected chi connectivity index (χ3v) is 2.01. The Bertz CT molecular complexity index is 252. The van der Waals surface area contributed by atoms with E-state index in [0.29, 0.717) is 11.5 Å². The van der Waals surface area contributed by atoms with Gasteiger partial charge in [-0.25, -0.2) is 0 Å². The molecule has 0 aliphatic rings. The lowest BCUT2D eigenvalue weighted by molar-refractivity contribution is 0.396. The smallest absolute Gasteiger partial charge is 0.202 e. The first-order chi connectivity index (χ1) is 5.29. The normalized spacial score (nSPS) is 9.36. The molecule has 0 fully saturated rings. The van der Waals surface area contributed by atoms with Gasteiger partial charge in [-0.2, -0.15) is 0 Å². The summed E-state index contributed by atoms with van der Waals surface area (Å²) in [6, 6.07) is 5.42. The molecule has 2 nitrogen and oxygen atoms in total. The van der Waals surface area contributed by atoms with E-state index < -0.39 is 0 Å². The van der Waals surface area contributed by atoms with Gasteiger partial charge in [-0.3, -0.25) is 0 Å². The van der Waals surface area contributed by atoms with Crippen LogP contribution in [0, 0.1) is 0 Å². The molecule has 1 rings (SSSR count). The minimum atomic E-state index is 0.497. The second-order valence-electron chi connectivity index (χ2n) is 1.85. The molecule has 4 heteroatoms. The summed E-state index contributed by atoms with van der Waals surface area (Å²) in [6.45, 7) is 0. The molecule has 0 aliphatic carbocycles. The van der Waals surface area contributed by atoms with Crippen LogP contribution in [0.25, 0.3) is 0 Å². The Kier molecular flexibility index (Phi) is 3.02. The largest absolute Gasteiger partial charge is 0.493 e. The molecule has 0 N–H and O–H groups in total. The van der Waals surface area contributed by atoms with Crippen LogP contribution in [0.2, 0.25) is 0 Å². The van der Waals surface area contributed by atoms with E-state index in [4.69, 9.17) is 16.6 Å². The minimum absolute atomic E-state index is 0.497. The Morgan fingerprint density at radius 3 is 2.64 bits per heavy atom. The molecule has 11 heavy (non-hydrogen) atoms. The van der Waals surface area contributed by atoms with Crippen molar-refractivity contribution in [3.63, 3.8) is 0 Å². The van der Waals surface area contributed by atoms with E-state index in [2.05, 4.69) is 20.2 Å². The van der Waals surface area contributed by atoms with Gasteiger partial charge in [-0.15, -0.1) is 0 Å². The molecule has 0 saturated heterocycles. The van der Waals surface area contributed by atoms with Crippen molar-refractivity contribution in [2.45, 2.75) is 0 Å². The Morgan fingerprint density at radius 1 is 1.45 bits per heavy atom. The van der Waals surface area contributed by atoms with Crippen LogP contribution in [0.15, 0.2) is 22.7 Å². The first-order valence-electron chi connectivity index (χ1n) is 2.90. The van der Waals surface area contributed by atoms with Gasteiger partial charge in [0.25, 0.3) is 0 Å². The second-order valence-corrected chi connectivity index (χ2v) is 2.86. The van der Waals surface area contributed by atoms with Crippen molar-refractivity contribution in [2.24, 2.45) is 0 Å². The predicted molar refractivity (Wildman–Crippen MR) is 47.2 cm³/mol. The van der Waals surface area contributed by atoms with Crippen molar-refractivity contribution in [1.29, 1.82) is 0 Å². The highest BCUT2D eigenvalue weighted by atomic mass is 79.9. The quantitative estimate of drug-likeness (QED) is 0.787. The van der Waals surface area contributed by atoms with Gasteiger partial charge in [-0.1, -0.05) is 6.07 Å². The van der Waals surface area contributed by atoms with Gasteiger partial charge in [0.2, 0.25) is 5.75 Å². The van der Waals surface area contributed by atoms with Crippen molar-refractivity contribution in [3.05, 3.63) is 22.7 Å². The molecule has 1 aromatic rings. The van der Waals surface area contributed by atoms with Crippen LogP contribution in [0.3, 0.4) is 0 Å². The average molecular weight is 237 g/mol. The van der Waals surface area contributed by atoms with E-state index in [1.807, 2.05) is 12.1 Å². The van der Waals surface area contributed by atoms with E-state index in [0.717, 1.165) is 4.47 Å². The van der Waals surface area contributed by atoms with Crippen LogP contribution < -0.4 is 9.03 Å². The Hall–Kier alpha value is -0.410. The maximum Gasteiger partial charge on any atom is 0.202 e. The molecule has 0 amide bonds. The predicted octanol–water partition coefficient (Wildman–Crippen LogP) is 2.99. The number of halogens is 2. The third-order valence-electron chi connectivity index (χ3n) is 1.23. The second kappa shape index (κ2) is 3.83. The molecule has 0 atom stereocenters. The summed E-state index contributed by atoms with van der Waals surface area (Å²) in [5.41, 5.74) is 0. The molecule has 0 bridgehead atoms. The standard InChI is InChI=1S/C7H6BrClO2/c1-10-6-4-2-3-5(8)7(6)11-9/h2-4H,1H3. The van der Waals surface area contributed by atoms with Crippen molar-refractivity contribution in [1.82, 2.24) is 0 Å². The zero-order valence-corrected chi connectivity index (χ0v) is 8.15. The number of ether oxygens (including phenoxy) is 1. The van der Waals surface area contributed by atoms with Gasteiger partial charge >= 0.3 is 0 Å². The Morgan fingerprint density at radius 2 is 2.18 bits per heavy atom. The Labute approximate surface area is 78.4 Å². The fourth-order valence-corrected chi connectivity index (χ4v) is 1.41. The van der Waals surface area contributed by atoms with Gasteiger partial charge < -0.3 is 9.03 Å². The first-order valence-corrected chi connectivity index (χ1v) is 4.01. The summed E-state index contributed by atoms with van der Waals surface area (Å²) in [6.07, 6.45) is 0. The van der Waals surface area contributed by atoms with E-state index in [9.17, 15) is 0 Å². The fraction of sp³-hybridized carbons (Fsp3) is 0.143. The summed E-state index contributed by atoms with van der Waals surface area (Å²) in [7, 11) is 1.56. The summed E-state index contributed by atoms with van der Waals surface area (Å²) in [4.78, 5) is 0. The van der Waals surface area contributed by atoms with Gasteiger partial charge in [0.1, 0.15) is 11.9 Å². The van der Waals surface area contributed by atoms with E-state index in [1.54, 1.807) is 13.2 Å². The summed E-state index contributed by atoms with van der Waals surface area (Å²) < 4.78 is 10.3. The highest BCUT2D eigenvalue weighted by molar-refractivity contribution is 9.10. The van der Waals surface area contributed by atoms with E-state index >= 15 is 0 Å². The molecule has 0 aromatic heterocycles. The molecule has 0 aliphatic heterocycles. The summed E-state index contributed by atoms with van der Waals surface area (Å²) in [5, 5.41) is 0. The van der Waals surface area contributed by atoms with Crippen molar-refractivity contribution >= 4 is 27.8 Å². The monoisotopic (exact) mass is 236 g/mol. The lowest BCUT2D eigenvalue weighted by Gasteiger charge is -2.05. The van der Waals surface area contributed by atoms with Gasteiger partial charge in [-0.05, 0) is 28.1 Å². The zero-order valence-electron chi connectivity index (χ0n) is 5.80. The van der Waals surface area contributed by atoms with E-state index in [1.165, 1.54) is 0 Å². The number of benzene rings is 1. The topological polar surface area (TPSA) is 18.5 Å². The number of methoxy groups -OCH3 is 1. The van der Waals surface area contributed by atoms with Crippen LogP contribution in [-0.2, 0) is 0 Å². The highest BCUT2D eigenvalue weighted by Gasteiger charge is 2.06. The van der Waals surface area contributed by atoms with Crippen LogP contribution in [-0.4, -0.2) is 7.11 Å². The zero-order chi connectivity index (χ0) is 8.27. The average Bonchev–Trinajstić information content (AvgIpc) is 2.04. The van der Waals surface area contributed by atoms with Crippen LogP contribution in [0.5, 0.6) is 11.5 Å². The molecule has 0 unspecified atom stereocenters. The fourth-order valence-electron chi connectivity index (χ4n) is 0.725. The van der Waals surface area contributed by atoms with Crippen LogP contribution in [0.1, 0.15) is 0 Å².